The third-order valence-corrected chi connectivity index (χ3v) is 5.12. The molecule has 3 aromatic rings. The van der Waals surface area contributed by atoms with Crippen molar-refractivity contribution in [3.63, 3.8) is 0 Å². The zero-order chi connectivity index (χ0) is 18.9. The summed E-state index contributed by atoms with van der Waals surface area (Å²) in [6.07, 6.45) is 0. The Balaban J connectivity index is 1.87. The van der Waals surface area contributed by atoms with Crippen LogP contribution in [0.3, 0.4) is 0 Å². The molecule has 26 heavy (non-hydrogen) atoms. The fraction of sp³-hybridized carbons (Fsp3) is 0.176. The lowest BCUT2D eigenvalue weighted by Gasteiger charge is -2.10. The lowest BCUT2D eigenvalue weighted by atomic mass is 10.1. The third kappa shape index (κ3) is 3.78. The van der Waals surface area contributed by atoms with E-state index < -0.39 is 27.4 Å². The molecule has 0 fully saturated rings. The highest BCUT2D eigenvalue weighted by molar-refractivity contribution is 7.88. The Labute approximate surface area is 148 Å². The molecule has 1 aromatic heterocycles. The van der Waals surface area contributed by atoms with Crippen LogP contribution in [0.5, 0.6) is 0 Å². The maximum atomic E-state index is 13.7. The summed E-state index contributed by atoms with van der Waals surface area (Å²) in [5.41, 5.74) is -0.212. The highest BCUT2D eigenvalue weighted by Gasteiger charge is 2.17. The number of fused-ring (bicyclic) bond motifs is 1. The summed E-state index contributed by atoms with van der Waals surface area (Å²) < 4.78 is 54.8. The van der Waals surface area contributed by atoms with E-state index in [1.807, 2.05) is 0 Å². The summed E-state index contributed by atoms with van der Waals surface area (Å²) in [7, 11) is -2.48. The molecule has 3 rings (SSSR count). The Bertz CT molecular complexity index is 1140. The van der Waals surface area contributed by atoms with Crippen LogP contribution in [0.2, 0.25) is 0 Å². The summed E-state index contributed by atoms with van der Waals surface area (Å²) in [5, 5.41) is 5.02. The molecule has 0 saturated carbocycles. The molecule has 2 aromatic carbocycles. The monoisotopic (exact) mass is 379 g/mol. The molecule has 136 valence electrons. The number of nitrogens with zero attached hydrogens (tertiary/aromatic N) is 2. The Kier molecular flexibility index (Phi) is 4.84. The van der Waals surface area contributed by atoms with Crippen LogP contribution in [-0.2, 0) is 29.4 Å². The number of halogens is 2. The zero-order valence-corrected chi connectivity index (χ0v) is 14.6. The molecular formula is C17H15F2N3O3S. The summed E-state index contributed by atoms with van der Waals surface area (Å²) in [6.45, 7) is -0.187. The molecule has 0 unspecified atom stereocenters. The number of aryl methyl sites for hydroxylation is 1. The second kappa shape index (κ2) is 6.93. The summed E-state index contributed by atoms with van der Waals surface area (Å²) >= 11 is 0. The maximum absolute atomic E-state index is 13.7. The van der Waals surface area contributed by atoms with E-state index in [1.165, 1.54) is 7.05 Å². The number of hydrogen-bond donors (Lipinski definition) is 1. The molecule has 0 aliphatic heterocycles. The Morgan fingerprint density at radius 1 is 1.12 bits per heavy atom. The minimum atomic E-state index is -3.95. The predicted octanol–water partition coefficient (Wildman–Crippen LogP) is 1.83. The van der Waals surface area contributed by atoms with Crippen LogP contribution in [-0.4, -0.2) is 18.2 Å². The topological polar surface area (TPSA) is 81.1 Å². The van der Waals surface area contributed by atoms with Gasteiger partial charge >= 0.3 is 0 Å². The summed E-state index contributed by atoms with van der Waals surface area (Å²) in [4.78, 5) is 12.1. The van der Waals surface area contributed by atoms with Gasteiger partial charge < -0.3 is 0 Å². The van der Waals surface area contributed by atoms with Gasteiger partial charge in [-0.15, -0.1) is 0 Å². The standard InChI is InChI=1S/C17H15F2N3O3S/c1-22-17(23)14-5-3-2-4-13(14)16(21-22)9-20-26(24,25)10-11-8-12(18)6-7-15(11)19/h2-8,20H,9-10H2,1H3. The van der Waals surface area contributed by atoms with Crippen LogP contribution in [0.4, 0.5) is 8.78 Å². The molecule has 0 aliphatic rings. The minimum absolute atomic E-state index is 0.187. The Hall–Kier alpha value is -2.65. The first kappa shape index (κ1) is 18.2. The fourth-order valence-corrected chi connectivity index (χ4v) is 3.68. The molecule has 0 bridgehead atoms. The molecule has 0 radical (unpaired) electrons. The lowest BCUT2D eigenvalue weighted by molar-refractivity contribution is 0.568. The van der Waals surface area contributed by atoms with Crippen molar-refractivity contribution < 1.29 is 17.2 Å². The second-order valence-corrected chi connectivity index (χ2v) is 7.54. The molecule has 9 heteroatoms. The van der Waals surface area contributed by atoms with Crippen LogP contribution in [0, 0.1) is 11.6 Å². The number of rotatable bonds is 5. The molecule has 0 saturated heterocycles. The summed E-state index contributed by atoms with van der Waals surface area (Å²) in [6, 6.07) is 9.34. The summed E-state index contributed by atoms with van der Waals surface area (Å²) in [5.74, 6) is -2.23. The maximum Gasteiger partial charge on any atom is 0.274 e. The van der Waals surface area contributed by atoms with E-state index in [0.29, 0.717) is 16.5 Å². The predicted molar refractivity (Wildman–Crippen MR) is 92.8 cm³/mol. The molecule has 0 aliphatic carbocycles. The van der Waals surface area contributed by atoms with Crippen molar-refractivity contribution >= 4 is 20.8 Å². The molecular weight excluding hydrogens is 364 g/mol. The van der Waals surface area contributed by atoms with Gasteiger partial charge in [0.05, 0.1) is 23.4 Å². The molecule has 1 N–H and O–H groups in total. The van der Waals surface area contributed by atoms with Gasteiger partial charge in [-0.3, -0.25) is 4.79 Å². The Morgan fingerprint density at radius 3 is 2.54 bits per heavy atom. The van der Waals surface area contributed by atoms with Gasteiger partial charge in [0.15, 0.2) is 0 Å². The van der Waals surface area contributed by atoms with E-state index in [9.17, 15) is 22.0 Å². The SMILES string of the molecule is Cn1nc(CNS(=O)(=O)Cc2cc(F)ccc2F)c2ccccc2c1=O. The van der Waals surface area contributed by atoms with E-state index in [-0.39, 0.29) is 17.7 Å². The molecule has 0 atom stereocenters. The molecule has 0 spiro atoms. The van der Waals surface area contributed by atoms with Crippen LogP contribution in [0.1, 0.15) is 11.3 Å². The average Bonchev–Trinajstić information content (AvgIpc) is 2.60. The van der Waals surface area contributed by atoms with Gasteiger partial charge in [-0.2, -0.15) is 5.10 Å². The van der Waals surface area contributed by atoms with Crippen molar-refractivity contribution in [3.8, 4) is 0 Å². The van der Waals surface area contributed by atoms with Gasteiger partial charge in [0.2, 0.25) is 10.0 Å². The number of benzene rings is 2. The van der Waals surface area contributed by atoms with Gasteiger partial charge in [0, 0.05) is 18.0 Å². The number of aromatic nitrogens is 2. The van der Waals surface area contributed by atoms with Gasteiger partial charge in [-0.05, 0) is 24.3 Å². The molecule has 1 heterocycles. The second-order valence-electron chi connectivity index (χ2n) is 5.74. The van der Waals surface area contributed by atoms with Crippen LogP contribution in [0.15, 0.2) is 47.3 Å². The quantitative estimate of drug-likeness (QED) is 0.733. The van der Waals surface area contributed by atoms with Crippen LogP contribution < -0.4 is 10.3 Å². The van der Waals surface area contributed by atoms with Crippen molar-refractivity contribution in [2.45, 2.75) is 12.3 Å². The van der Waals surface area contributed by atoms with Crippen molar-refractivity contribution in [1.82, 2.24) is 14.5 Å². The van der Waals surface area contributed by atoms with Crippen molar-refractivity contribution in [3.05, 3.63) is 75.7 Å². The third-order valence-electron chi connectivity index (χ3n) is 3.85. The lowest BCUT2D eigenvalue weighted by Crippen LogP contribution is -2.28. The van der Waals surface area contributed by atoms with Gasteiger partial charge in [-0.25, -0.2) is 26.6 Å². The van der Waals surface area contributed by atoms with E-state index in [1.54, 1.807) is 24.3 Å². The average molecular weight is 379 g/mol. The van der Waals surface area contributed by atoms with Gasteiger partial charge in [0.25, 0.3) is 5.56 Å². The number of nitrogens with one attached hydrogen (secondary N) is 1. The largest absolute Gasteiger partial charge is 0.274 e. The highest BCUT2D eigenvalue weighted by atomic mass is 32.2. The smallest absolute Gasteiger partial charge is 0.267 e. The minimum Gasteiger partial charge on any atom is -0.267 e. The first-order chi connectivity index (χ1) is 12.3. The normalized spacial score (nSPS) is 11.8. The van der Waals surface area contributed by atoms with Gasteiger partial charge in [0.1, 0.15) is 11.6 Å². The first-order valence-corrected chi connectivity index (χ1v) is 9.28. The number of sulfonamides is 1. The Morgan fingerprint density at radius 2 is 1.81 bits per heavy atom. The van der Waals surface area contributed by atoms with Crippen LogP contribution >= 0.6 is 0 Å². The van der Waals surface area contributed by atoms with E-state index in [0.717, 1.165) is 22.9 Å². The highest BCUT2D eigenvalue weighted by Crippen LogP contribution is 2.15. The first-order valence-electron chi connectivity index (χ1n) is 7.63. The fourth-order valence-electron chi connectivity index (χ4n) is 2.59. The van der Waals surface area contributed by atoms with Crippen LogP contribution in [0.25, 0.3) is 10.8 Å². The van der Waals surface area contributed by atoms with Crippen molar-refractivity contribution in [2.24, 2.45) is 7.05 Å². The van der Waals surface area contributed by atoms with E-state index in [4.69, 9.17) is 0 Å². The zero-order valence-electron chi connectivity index (χ0n) is 13.7. The van der Waals surface area contributed by atoms with E-state index in [2.05, 4.69) is 9.82 Å². The molecule has 0 amide bonds. The molecule has 6 nitrogen and oxygen atoms in total. The van der Waals surface area contributed by atoms with E-state index >= 15 is 0 Å². The van der Waals surface area contributed by atoms with Crippen molar-refractivity contribution in [2.75, 3.05) is 0 Å². The van der Waals surface area contributed by atoms with Crippen molar-refractivity contribution in [1.29, 1.82) is 0 Å². The number of hydrogen-bond acceptors (Lipinski definition) is 4. The van der Waals surface area contributed by atoms with Gasteiger partial charge in [-0.1, -0.05) is 18.2 Å².